The minimum atomic E-state index is -0.856. The average Bonchev–Trinajstić information content (AvgIpc) is 3.19. The third-order valence-electron chi connectivity index (χ3n) is 7.92. The van der Waals surface area contributed by atoms with E-state index >= 15 is 0 Å². The lowest BCUT2D eigenvalue weighted by molar-refractivity contribution is -0.122. The fourth-order valence-electron chi connectivity index (χ4n) is 6.61. The third kappa shape index (κ3) is 2.78. The van der Waals surface area contributed by atoms with Gasteiger partial charge in [0.1, 0.15) is 0 Å². The van der Waals surface area contributed by atoms with Gasteiger partial charge in [0.05, 0.1) is 28.6 Å². The molecule has 3 aliphatic carbocycles. The first-order valence-corrected chi connectivity index (χ1v) is 12.8. The van der Waals surface area contributed by atoms with Crippen LogP contribution >= 0.6 is 15.9 Å². The molecular weight excluding hydrogens is 512 g/mol. The molecular formula is C31H21BrN2O2. The number of nitrogens with zero attached hydrogens (tertiary/aromatic N) is 2. The lowest BCUT2D eigenvalue weighted by Gasteiger charge is -2.52. The minimum Gasteiger partial charge on any atom is -0.274 e. The summed E-state index contributed by atoms with van der Waals surface area (Å²) in [6.45, 7) is 0. The number of aliphatic imine (C=N–C) groups is 1. The van der Waals surface area contributed by atoms with E-state index in [1.165, 1.54) is 4.90 Å². The van der Waals surface area contributed by atoms with E-state index in [0.29, 0.717) is 5.69 Å². The van der Waals surface area contributed by atoms with Gasteiger partial charge in [-0.1, -0.05) is 88.7 Å². The summed E-state index contributed by atoms with van der Waals surface area (Å²) in [4.78, 5) is 34.7. The molecule has 1 fully saturated rings. The SMILES string of the molecule is O=C1[C@H]2C3c4ccccc4C(C=Nc4cccc(Br)c4)(c4ccccc43)[C@H]2C(=O)N1c1ccccc1. The molecule has 1 heterocycles. The first-order valence-electron chi connectivity index (χ1n) is 12.0. The summed E-state index contributed by atoms with van der Waals surface area (Å²) in [7, 11) is 0. The van der Waals surface area contributed by atoms with Crippen LogP contribution in [0, 0.1) is 11.8 Å². The molecule has 174 valence electrons. The maximum absolute atomic E-state index is 14.3. The molecule has 8 rings (SSSR count). The molecule has 0 saturated carbocycles. The van der Waals surface area contributed by atoms with Gasteiger partial charge in [0, 0.05) is 16.6 Å². The number of hydrogen-bond donors (Lipinski definition) is 0. The molecule has 0 spiro atoms. The summed E-state index contributed by atoms with van der Waals surface area (Å²) in [5, 5.41) is 0. The summed E-state index contributed by atoms with van der Waals surface area (Å²) in [6, 6.07) is 33.6. The van der Waals surface area contributed by atoms with Gasteiger partial charge in [-0.25, -0.2) is 4.90 Å². The van der Waals surface area contributed by atoms with E-state index in [-0.39, 0.29) is 17.7 Å². The lowest BCUT2D eigenvalue weighted by atomic mass is 9.47. The Hall–Kier alpha value is -3.83. The van der Waals surface area contributed by atoms with Gasteiger partial charge in [0.2, 0.25) is 11.8 Å². The molecule has 1 aliphatic heterocycles. The molecule has 1 saturated heterocycles. The normalized spacial score (nSPS) is 25.7. The number of hydrogen-bond acceptors (Lipinski definition) is 3. The van der Waals surface area contributed by atoms with E-state index in [9.17, 15) is 9.59 Å². The van der Waals surface area contributed by atoms with Crippen LogP contribution in [0.4, 0.5) is 11.4 Å². The van der Waals surface area contributed by atoms with Crippen LogP contribution in [0.1, 0.15) is 28.2 Å². The second kappa shape index (κ2) is 7.84. The molecule has 0 aromatic heterocycles. The van der Waals surface area contributed by atoms with Crippen LogP contribution in [0.3, 0.4) is 0 Å². The molecule has 36 heavy (non-hydrogen) atoms. The number of carbonyl (C=O) groups excluding carboxylic acids is 2. The van der Waals surface area contributed by atoms with Crippen molar-refractivity contribution in [1.82, 2.24) is 0 Å². The highest BCUT2D eigenvalue weighted by Crippen LogP contribution is 2.63. The largest absolute Gasteiger partial charge is 0.274 e. The van der Waals surface area contributed by atoms with E-state index in [0.717, 1.165) is 32.4 Å². The first-order chi connectivity index (χ1) is 17.6. The molecule has 4 nitrogen and oxygen atoms in total. The molecule has 4 aliphatic rings. The summed E-state index contributed by atoms with van der Waals surface area (Å²) in [5.41, 5.74) is 4.88. The molecule has 2 atom stereocenters. The molecule has 0 unspecified atom stereocenters. The van der Waals surface area contributed by atoms with Crippen LogP contribution in [0.25, 0.3) is 0 Å². The molecule has 2 amide bonds. The van der Waals surface area contributed by atoms with Crippen LogP contribution in [-0.4, -0.2) is 18.0 Å². The maximum atomic E-state index is 14.3. The van der Waals surface area contributed by atoms with Gasteiger partial charge in [-0.2, -0.15) is 0 Å². The maximum Gasteiger partial charge on any atom is 0.239 e. The van der Waals surface area contributed by atoms with Gasteiger partial charge >= 0.3 is 0 Å². The van der Waals surface area contributed by atoms with Crippen molar-refractivity contribution in [1.29, 1.82) is 0 Å². The third-order valence-corrected chi connectivity index (χ3v) is 8.42. The summed E-state index contributed by atoms with van der Waals surface area (Å²) >= 11 is 3.53. The van der Waals surface area contributed by atoms with Crippen molar-refractivity contribution in [3.05, 3.63) is 130 Å². The highest BCUT2D eigenvalue weighted by Gasteiger charge is 2.67. The van der Waals surface area contributed by atoms with Gasteiger partial charge in [0.25, 0.3) is 0 Å². The lowest BCUT2D eigenvalue weighted by Crippen LogP contribution is -2.54. The van der Waals surface area contributed by atoms with E-state index in [1.54, 1.807) is 0 Å². The van der Waals surface area contributed by atoms with E-state index in [1.807, 2.05) is 85.1 Å². The Morgan fingerprint density at radius 1 is 0.750 bits per heavy atom. The highest BCUT2D eigenvalue weighted by molar-refractivity contribution is 9.10. The van der Waals surface area contributed by atoms with Crippen LogP contribution in [-0.2, 0) is 15.0 Å². The zero-order chi connectivity index (χ0) is 24.4. The van der Waals surface area contributed by atoms with Crippen molar-refractivity contribution in [3.8, 4) is 0 Å². The fraction of sp³-hybridized carbons (Fsp3) is 0.129. The van der Waals surface area contributed by atoms with Gasteiger partial charge in [-0.05, 0) is 52.6 Å². The zero-order valence-electron chi connectivity index (χ0n) is 19.2. The average molecular weight is 533 g/mol. The predicted molar refractivity (Wildman–Crippen MR) is 144 cm³/mol. The predicted octanol–water partition coefficient (Wildman–Crippen LogP) is 6.40. The smallest absolute Gasteiger partial charge is 0.239 e. The van der Waals surface area contributed by atoms with Gasteiger partial charge in [0.15, 0.2) is 0 Å². The Kier molecular flexibility index (Phi) is 4.67. The van der Waals surface area contributed by atoms with E-state index < -0.39 is 17.3 Å². The first kappa shape index (κ1) is 21.5. The molecule has 0 radical (unpaired) electrons. The quantitative estimate of drug-likeness (QED) is 0.226. The van der Waals surface area contributed by atoms with Crippen molar-refractivity contribution in [3.63, 3.8) is 0 Å². The standard InChI is InChI=1S/C31H21BrN2O2/c32-19-9-8-10-20(17-19)33-18-31-24-15-6-4-13-22(24)26(23-14-5-7-16-25(23)31)27-28(31)30(36)34(29(27)35)21-11-2-1-3-12-21/h1-18,26-28H/t26?,27-,28+,31?/m0/s1. The second-order valence-corrected chi connectivity index (χ2v) is 10.5. The number of amides is 2. The van der Waals surface area contributed by atoms with Crippen LogP contribution in [0.15, 0.2) is 113 Å². The van der Waals surface area contributed by atoms with Gasteiger partial charge in [-0.3, -0.25) is 14.6 Å². The molecule has 0 N–H and O–H groups in total. The van der Waals surface area contributed by atoms with Crippen LogP contribution in [0.5, 0.6) is 0 Å². The monoisotopic (exact) mass is 532 g/mol. The highest BCUT2D eigenvalue weighted by atomic mass is 79.9. The van der Waals surface area contributed by atoms with Crippen molar-refractivity contribution >= 4 is 45.3 Å². The summed E-state index contributed by atoms with van der Waals surface area (Å²) in [6.07, 6.45) is 1.93. The Morgan fingerprint density at radius 2 is 1.39 bits per heavy atom. The molecule has 5 heteroatoms. The van der Waals surface area contributed by atoms with Crippen molar-refractivity contribution in [2.24, 2.45) is 16.8 Å². The molecule has 2 bridgehead atoms. The van der Waals surface area contributed by atoms with Crippen molar-refractivity contribution in [2.75, 3.05) is 4.90 Å². The number of benzene rings is 4. The van der Waals surface area contributed by atoms with E-state index in [2.05, 4.69) is 40.2 Å². The Morgan fingerprint density at radius 3 is 2.06 bits per heavy atom. The van der Waals surface area contributed by atoms with Crippen LogP contribution in [0.2, 0.25) is 0 Å². The number of carbonyl (C=O) groups is 2. The Labute approximate surface area is 217 Å². The number of halogens is 1. The van der Waals surface area contributed by atoms with Gasteiger partial charge in [-0.15, -0.1) is 0 Å². The summed E-state index contributed by atoms with van der Waals surface area (Å²) in [5.74, 6) is -1.53. The van der Waals surface area contributed by atoms with Crippen molar-refractivity contribution < 1.29 is 9.59 Å². The number of rotatable bonds is 3. The Balaban J connectivity index is 1.52. The number of anilines is 1. The zero-order valence-corrected chi connectivity index (χ0v) is 20.8. The summed E-state index contributed by atoms with van der Waals surface area (Å²) < 4.78 is 0.933. The van der Waals surface area contributed by atoms with E-state index in [4.69, 9.17) is 4.99 Å². The minimum absolute atomic E-state index is 0.134. The fourth-order valence-corrected chi connectivity index (χ4v) is 7.00. The molecule has 4 aromatic carbocycles. The molecule has 4 aromatic rings. The number of imide groups is 1. The van der Waals surface area contributed by atoms with Crippen LogP contribution < -0.4 is 4.90 Å². The second-order valence-electron chi connectivity index (χ2n) is 9.61. The van der Waals surface area contributed by atoms with Crippen molar-refractivity contribution in [2.45, 2.75) is 11.3 Å². The Bertz CT molecular complexity index is 1530. The number of para-hydroxylation sites is 1. The topological polar surface area (TPSA) is 49.7 Å². The van der Waals surface area contributed by atoms with Gasteiger partial charge < -0.3 is 0 Å².